The highest BCUT2D eigenvalue weighted by Crippen LogP contribution is 2.41. The van der Waals surface area contributed by atoms with Gasteiger partial charge in [-0.15, -0.1) is 0 Å². The maximum absolute atomic E-state index is 10.8. The number of nitrogens with zero attached hydrogens (tertiary/aromatic N) is 1. The molecule has 3 rings (SSSR count). The molecule has 2 aliphatic rings. The quantitative estimate of drug-likeness (QED) is 0.877. The minimum absolute atomic E-state index is 0.311. The molecule has 0 bridgehead atoms. The van der Waals surface area contributed by atoms with Crippen LogP contribution in [0.25, 0.3) is 0 Å². The van der Waals surface area contributed by atoms with Gasteiger partial charge in [-0.1, -0.05) is 12.1 Å². The fraction of sp³-hybridized carbons (Fsp3) is 0.625. The summed E-state index contributed by atoms with van der Waals surface area (Å²) in [7, 11) is 2.13. The minimum Gasteiger partial charge on any atom is -0.388 e. The van der Waals surface area contributed by atoms with Gasteiger partial charge in [0.1, 0.15) is 0 Å². The fourth-order valence-corrected chi connectivity index (χ4v) is 3.44. The van der Waals surface area contributed by atoms with Crippen LogP contribution in [0.3, 0.4) is 0 Å². The first-order valence-corrected chi connectivity index (χ1v) is 7.46. The standard InChI is InChI=1S/C16H24N2O2/c1-18-7-2-3-12-9-13(4-5-14(12)18)15(19)16(10-17)6-8-20-11-16/h4-5,9,15,19H,2-3,6-8,10-11,17H2,1H3. The van der Waals surface area contributed by atoms with E-state index in [0.717, 1.165) is 24.9 Å². The third kappa shape index (κ3) is 2.22. The molecule has 0 amide bonds. The molecule has 4 nitrogen and oxygen atoms in total. The largest absolute Gasteiger partial charge is 0.388 e. The Labute approximate surface area is 120 Å². The third-order valence-electron chi connectivity index (χ3n) is 4.89. The zero-order valence-electron chi connectivity index (χ0n) is 12.1. The first-order valence-electron chi connectivity index (χ1n) is 7.46. The van der Waals surface area contributed by atoms with Gasteiger partial charge in [0.25, 0.3) is 0 Å². The van der Waals surface area contributed by atoms with Gasteiger partial charge in [-0.2, -0.15) is 0 Å². The number of benzene rings is 1. The van der Waals surface area contributed by atoms with E-state index >= 15 is 0 Å². The highest BCUT2D eigenvalue weighted by Gasteiger charge is 2.41. The Hall–Kier alpha value is -1.10. The second kappa shape index (κ2) is 5.35. The summed E-state index contributed by atoms with van der Waals surface area (Å²) < 4.78 is 5.48. The smallest absolute Gasteiger partial charge is 0.0881 e. The van der Waals surface area contributed by atoms with Crippen molar-refractivity contribution in [3.05, 3.63) is 29.3 Å². The molecule has 0 saturated carbocycles. The molecule has 3 N–H and O–H groups in total. The summed E-state index contributed by atoms with van der Waals surface area (Å²) in [5.74, 6) is 0. The lowest BCUT2D eigenvalue weighted by Gasteiger charge is -2.33. The van der Waals surface area contributed by atoms with Crippen molar-refractivity contribution >= 4 is 5.69 Å². The second-order valence-electron chi connectivity index (χ2n) is 6.18. The molecule has 0 spiro atoms. The molecule has 0 radical (unpaired) electrons. The number of rotatable bonds is 3. The Balaban J connectivity index is 1.90. The Morgan fingerprint density at radius 1 is 1.50 bits per heavy atom. The number of hydrogen-bond acceptors (Lipinski definition) is 4. The van der Waals surface area contributed by atoms with Crippen molar-refractivity contribution in [2.24, 2.45) is 11.1 Å². The van der Waals surface area contributed by atoms with E-state index in [2.05, 4.69) is 24.1 Å². The number of anilines is 1. The predicted molar refractivity (Wildman–Crippen MR) is 79.9 cm³/mol. The molecule has 1 aromatic carbocycles. The summed E-state index contributed by atoms with van der Waals surface area (Å²) in [6, 6.07) is 6.33. The van der Waals surface area contributed by atoms with Crippen LogP contribution in [0.2, 0.25) is 0 Å². The molecule has 2 heterocycles. The van der Waals surface area contributed by atoms with Crippen molar-refractivity contribution in [1.82, 2.24) is 0 Å². The zero-order chi connectivity index (χ0) is 14.2. The van der Waals surface area contributed by atoms with Crippen LogP contribution < -0.4 is 10.6 Å². The van der Waals surface area contributed by atoms with Crippen LogP contribution >= 0.6 is 0 Å². The summed E-state index contributed by atoms with van der Waals surface area (Å²) in [5, 5.41) is 10.8. The van der Waals surface area contributed by atoms with Gasteiger partial charge in [0.05, 0.1) is 12.7 Å². The summed E-state index contributed by atoms with van der Waals surface area (Å²) in [5.41, 5.74) is 9.21. The van der Waals surface area contributed by atoms with Gasteiger partial charge in [-0.05, 0) is 36.5 Å². The molecular weight excluding hydrogens is 252 g/mol. The average molecular weight is 276 g/mol. The molecule has 2 aliphatic heterocycles. The van der Waals surface area contributed by atoms with Crippen LogP contribution in [0.4, 0.5) is 5.69 Å². The maximum atomic E-state index is 10.8. The molecular formula is C16H24N2O2. The number of nitrogens with two attached hydrogens (primary N) is 1. The third-order valence-corrected chi connectivity index (χ3v) is 4.89. The Bertz CT molecular complexity index is 483. The number of aliphatic hydroxyl groups is 1. The van der Waals surface area contributed by atoms with E-state index in [0.29, 0.717) is 19.8 Å². The molecule has 2 atom stereocenters. The fourth-order valence-electron chi connectivity index (χ4n) is 3.44. The Kier molecular flexibility index (Phi) is 3.71. The van der Waals surface area contributed by atoms with E-state index in [4.69, 9.17) is 10.5 Å². The highest BCUT2D eigenvalue weighted by atomic mass is 16.5. The monoisotopic (exact) mass is 276 g/mol. The van der Waals surface area contributed by atoms with E-state index in [1.54, 1.807) is 0 Å². The minimum atomic E-state index is -0.535. The summed E-state index contributed by atoms with van der Waals surface area (Å²) in [6.45, 7) is 2.82. The van der Waals surface area contributed by atoms with Gasteiger partial charge < -0.3 is 20.5 Å². The average Bonchev–Trinajstić information content (AvgIpc) is 2.96. The molecule has 0 aliphatic carbocycles. The molecule has 1 fully saturated rings. The van der Waals surface area contributed by atoms with E-state index < -0.39 is 6.10 Å². The molecule has 4 heteroatoms. The van der Waals surface area contributed by atoms with Crippen LogP contribution in [0, 0.1) is 5.41 Å². The molecule has 2 unspecified atom stereocenters. The van der Waals surface area contributed by atoms with Crippen molar-refractivity contribution in [3.8, 4) is 0 Å². The van der Waals surface area contributed by atoms with Crippen molar-refractivity contribution in [1.29, 1.82) is 0 Å². The summed E-state index contributed by atoms with van der Waals surface area (Å²) in [4.78, 5) is 2.28. The van der Waals surface area contributed by atoms with E-state index in [9.17, 15) is 5.11 Å². The number of aryl methyl sites for hydroxylation is 1. The van der Waals surface area contributed by atoms with Gasteiger partial charge in [-0.3, -0.25) is 0 Å². The van der Waals surface area contributed by atoms with Gasteiger partial charge in [-0.25, -0.2) is 0 Å². The van der Waals surface area contributed by atoms with E-state index in [1.165, 1.54) is 17.7 Å². The number of hydrogen-bond donors (Lipinski definition) is 2. The zero-order valence-corrected chi connectivity index (χ0v) is 12.1. The summed E-state index contributed by atoms with van der Waals surface area (Å²) >= 11 is 0. The number of ether oxygens (including phenoxy) is 1. The van der Waals surface area contributed by atoms with Gasteiger partial charge >= 0.3 is 0 Å². The predicted octanol–water partition coefficient (Wildman–Crippen LogP) is 1.47. The molecule has 0 aromatic heterocycles. The second-order valence-corrected chi connectivity index (χ2v) is 6.18. The van der Waals surface area contributed by atoms with Crippen molar-refractivity contribution in [3.63, 3.8) is 0 Å². The molecule has 20 heavy (non-hydrogen) atoms. The number of aliphatic hydroxyl groups excluding tert-OH is 1. The molecule has 1 saturated heterocycles. The highest BCUT2D eigenvalue weighted by molar-refractivity contribution is 5.56. The Morgan fingerprint density at radius 3 is 3.05 bits per heavy atom. The van der Waals surface area contributed by atoms with E-state index in [1.807, 2.05) is 6.07 Å². The van der Waals surface area contributed by atoms with Crippen molar-refractivity contribution in [2.45, 2.75) is 25.4 Å². The molecule has 1 aromatic rings. The van der Waals surface area contributed by atoms with Crippen molar-refractivity contribution in [2.75, 3.05) is 38.3 Å². The number of fused-ring (bicyclic) bond motifs is 1. The first kappa shape index (κ1) is 13.9. The molecule has 110 valence electrons. The van der Waals surface area contributed by atoms with Gasteiger partial charge in [0, 0.05) is 37.8 Å². The Morgan fingerprint density at radius 2 is 2.35 bits per heavy atom. The summed E-state index contributed by atoms with van der Waals surface area (Å²) in [6.07, 6.45) is 2.56. The lowest BCUT2D eigenvalue weighted by atomic mass is 9.77. The lowest BCUT2D eigenvalue weighted by molar-refractivity contribution is 0.0190. The van der Waals surface area contributed by atoms with Crippen molar-refractivity contribution < 1.29 is 9.84 Å². The lowest BCUT2D eigenvalue weighted by Crippen LogP contribution is -2.37. The van der Waals surface area contributed by atoms with Gasteiger partial charge in [0.2, 0.25) is 0 Å². The SMILES string of the molecule is CN1CCCc2cc(C(O)C3(CN)CCOC3)ccc21. The maximum Gasteiger partial charge on any atom is 0.0881 e. The van der Waals surface area contributed by atoms with Crippen LogP contribution in [0.1, 0.15) is 30.1 Å². The van der Waals surface area contributed by atoms with Crippen LogP contribution in [-0.4, -0.2) is 38.5 Å². The topological polar surface area (TPSA) is 58.7 Å². The normalized spacial score (nSPS) is 27.4. The first-order chi connectivity index (χ1) is 9.66. The van der Waals surface area contributed by atoms with Crippen LogP contribution in [0.15, 0.2) is 18.2 Å². The van der Waals surface area contributed by atoms with Gasteiger partial charge in [0.15, 0.2) is 0 Å². The van der Waals surface area contributed by atoms with Crippen LogP contribution in [0.5, 0.6) is 0 Å². The van der Waals surface area contributed by atoms with E-state index in [-0.39, 0.29) is 5.41 Å². The van der Waals surface area contributed by atoms with Crippen LogP contribution in [-0.2, 0) is 11.2 Å².